The highest BCUT2D eigenvalue weighted by Gasteiger charge is 2.22. The Hall–Kier alpha value is -1.77. The van der Waals surface area contributed by atoms with Crippen molar-refractivity contribution in [3.8, 4) is 0 Å². The Labute approximate surface area is 126 Å². The summed E-state index contributed by atoms with van der Waals surface area (Å²) >= 11 is 1.47. The lowest BCUT2D eigenvalue weighted by Crippen LogP contribution is -2.54. The Morgan fingerprint density at radius 2 is 1.67 bits per heavy atom. The summed E-state index contributed by atoms with van der Waals surface area (Å²) in [6, 6.07) is -2.32. The largest absolute Gasteiger partial charge is 0.550 e. The van der Waals surface area contributed by atoms with Gasteiger partial charge in [0.05, 0.1) is 12.0 Å². The van der Waals surface area contributed by atoms with Crippen LogP contribution in [0.2, 0.25) is 0 Å². The fraction of sp³-hybridized carbons (Fsp3) is 0.667. The van der Waals surface area contributed by atoms with Gasteiger partial charge in [0.1, 0.15) is 6.04 Å². The van der Waals surface area contributed by atoms with Gasteiger partial charge < -0.3 is 30.4 Å². The summed E-state index contributed by atoms with van der Waals surface area (Å²) in [6.45, 7) is 1.24. The van der Waals surface area contributed by atoms with Crippen LogP contribution < -0.4 is 20.8 Å². The van der Waals surface area contributed by atoms with Crippen LogP contribution in [0.5, 0.6) is 0 Å². The number of rotatable bonds is 10. The molecular weight excluding hydrogens is 300 g/mol. The second kappa shape index (κ2) is 10.0. The summed E-state index contributed by atoms with van der Waals surface area (Å²) in [7, 11) is 0. The van der Waals surface area contributed by atoms with Gasteiger partial charge in [-0.15, -0.1) is 0 Å². The summed E-state index contributed by atoms with van der Waals surface area (Å²) in [5.41, 5.74) is 0. The molecule has 0 aromatic rings. The first-order valence-electron chi connectivity index (χ1n) is 6.25. The van der Waals surface area contributed by atoms with Crippen LogP contribution in [-0.4, -0.2) is 47.8 Å². The fourth-order valence-corrected chi connectivity index (χ4v) is 2.00. The summed E-state index contributed by atoms with van der Waals surface area (Å²) < 4.78 is 0. The number of aliphatic carboxylic acids is 2. The normalized spacial score (nSPS) is 13.0. The molecule has 2 amide bonds. The standard InChI is InChI=1S/C12H20N2O6S/c1-7(15)13-8(5-6-21-2)11(18)14-9(12(19)20)3-4-10(16)17/h8-9H,3-6H2,1-2H3,(H,13,15)(H,14,18)(H,16,17)(H,19,20)/p-2/t8-,9-/m0/s1. The lowest BCUT2D eigenvalue weighted by atomic mass is 10.1. The van der Waals surface area contributed by atoms with Crippen LogP contribution in [0.4, 0.5) is 0 Å². The number of hydrogen-bond acceptors (Lipinski definition) is 7. The van der Waals surface area contributed by atoms with E-state index >= 15 is 0 Å². The van der Waals surface area contributed by atoms with Gasteiger partial charge >= 0.3 is 0 Å². The van der Waals surface area contributed by atoms with Crippen LogP contribution in [0.1, 0.15) is 26.2 Å². The molecule has 0 aliphatic carbocycles. The topological polar surface area (TPSA) is 138 Å². The van der Waals surface area contributed by atoms with Gasteiger partial charge in [-0.05, 0) is 31.3 Å². The van der Waals surface area contributed by atoms with Crippen LogP contribution >= 0.6 is 11.8 Å². The summed E-state index contributed by atoms with van der Waals surface area (Å²) in [5, 5.41) is 25.8. The molecule has 8 nitrogen and oxygen atoms in total. The van der Waals surface area contributed by atoms with E-state index in [9.17, 15) is 29.4 Å². The Bertz CT molecular complexity index is 401. The highest BCUT2D eigenvalue weighted by atomic mass is 32.2. The number of carboxylic acid groups (broad SMARTS) is 2. The molecule has 0 fully saturated rings. The summed E-state index contributed by atoms with van der Waals surface area (Å²) in [5.74, 6) is -3.52. The predicted molar refractivity (Wildman–Crippen MR) is 71.8 cm³/mol. The number of amides is 2. The first kappa shape index (κ1) is 19.2. The first-order chi connectivity index (χ1) is 9.77. The third-order valence-corrected chi connectivity index (χ3v) is 3.19. The molecule has 0 radical (unpaired) electrons. The zero-order chi connectivity index (χ0) is 16.4. The molecule has 0 rings (SSSR count). The van der Waals surface area contributed by atoms with E-state index in [1.54, 1.807) is 0 Å². The van der Waals surface area contributed by atoms with Crippen molar-refractivity contribution in [2.75, 3.05) is 12.0 Å². The lowest BCUT2D eigenvalue weighted by Gasteiger charge is -2.24. The monoisotopic (exact) mass is 318 g/mol. The smallest absolute Gasteiger partial charge is 0.243 e. The molecule has 120 valence electrons. The maximum atomic E-state index is 12.0. The van der Waals surface area contributed by atoms with Gasteiger partial charge in [0.2, 0.25) is 11.8 Å². The molecule has 2 N–H and O–H groups in total. The van der Waals surface area contributed by atoms with Crippen LogP contribution in [0.3, 0.4) is 0 Å². The van der Waals surface area contributed by atoms with Crippen LogP contribution in [-0.2, 0) is 19.2 Å². The Morgan fingerprint density at radius 3 is 2.10 bits per heavy atom. The third kappa shape index (κ3) is 8.90. The van der Waals surface area contributed by atoms with Gasteiger partial charge in [0.25, 0.3) is 0 Å². The fourth-order valence-electron chi connectivity index (χ4n) is 1.53. The van der Waals surface area contributed by atoms with E-state index in [0.717, 1.165) is 0 Å². The van der Waals surface area contributed by atoms with Crippen molar-refractivity contribution in [2.24, 2.45) is 0 Å². The van der Waals surface area contributed by atoms with E-state index < -0.39 is 42.3 Å². The Kier molecular flexibility index (Phi) is 9.18. The van der Waals surface area contributed by atoms with E-state index in [1.165, 1.54) is 18.7 Å². The Morgan fingerprint density at radius 1 is 1.05 bits per heavy atom. The zero-order valence-corrected chi connectivity index (χ0v) is 12.7. The maximum absolute atomic E-state index is 12.0. The molecule has 0 spiro atoms. The van der Waals surface area contributed by atoms with Crippen LogP contribution in [0, 0.1) is 0 Å². The predicted octanol–water partition coefficient (Wildman–Crippen LogP) is -2.99. The first-order valence-corrected chi connectivity index (χ1v) is 7.64. The Balaban J connectivity index is 4.68. The number of carbonyl (C=O) groups excluding carboxylic acids is 4. The maximum Gasteiger partial charge on any atom is 0.243 e. The van der Waals surface area contributed by atoms with Gasteiger partial charge in [-0.3, -0.25) is 9.59 Å². The van der Waals surface area contributed by atoms with E-state index in [4.69, 9.17) is 0 Å². The molecule has 9 heteroatoms. The highest BCUT2D eigenvalue weighted by Crippen LogP contribution is 2.03. The third-order valence-electron chi connectivity index (χ3n) is 2.54. The minimum atomic E-state index is -1.59. The molecule has 0 heterocycles. The number of thioether (sulfide) groups is 1. The van der Waals surface area contributed by atoms with Crippen molar-refractivity contribution in [3.63, 3.8) is 0 Å². The van der Waals surface area contributed by atoms with Crippen molar-refractivity contribution in [1.82, 2.24) is 10.6 Å². The van der Waals surface area contributed by atoms with Gasteiger partial charge in [-0.25, -0.2) is 0 Å². The SMILES string of the molecule is CSCC[C@H](NC(C)=O)C(=O)N[C@@H](CCC(=O)[O-])C(=O)[O-]. The van der Waals surface area contributed by atoms with Crippen molar-refractivity contribution in [1.29, 1.82) is 0 Å². The molecular formula is C12H18N2O6S-2. The van der Waals surface area contributed by atoms with E-state index in [-0.39, 0.29) is 6.42 Å². The number of carboxylic acids is 2. The number of hydrogen-bond donors (Lipinski definition) is 2. The van der Waals surface area contributed by atoms with E-state index in [2.05, 4.69) is 10.6 Å². The number of nitrogens with one attached hydrogen (secondary N) is 2. The molecule has 2 atom stereocenters. The van der Waals surface area contributed by atoms with Crippen molar-refractivity contribution < 1.29 is 29.4 Å². The second-order valence-electron chi connectivity index (χ2n) is 4.33. The molecule has 0 aliphatic rings. The molecule has 0 aliphatic heterocycles. The van der Waals surface area contributed by atoms with Gasteiger partial charge in [0.15, 0.2) is 0 Å². The van der Waals surface area contributed by atoms with Crippen molar-refractivity contribution in [3.05, 3.63) is 0 Å². The highest BCUT2D eigenvalue weighted by molar-refractivity contribution is 7.98. The zero-order valence-electron chi connectivity index (χ0n) is 11.8. The average molecular weight is 318 g/mol. The molecule has 0 aromatic carbocycles. The van der Waals surface area contributed by atoms with Crippen LogP contribution in [0.15, 0.2) is 0 Å². The van der Waals surface area contributed by atoms with Crippen molar-refractivity contribution in [2.45, 2.75) is 38.3 Å². The summed E-state index contributed by atoms with van der Waals surface area (Å²) in [4.78, 5) is 44.2. The summed E-state index contributed by atoms with van der Waals surface area (Å²) in [6.07, 6.45) is 1.29. The van der Waals surface area contributed by atoms with Gasteiger partial charge in [-0.1, -0.05) is 0 Å². The molecule has 0 aromatic heterocycles. The second-order valence-corrected chi connectivity index (χ2v) is 5.31. The minimum Gasteiger partial charge on any atom is -0.550 e. The number of carbonyl (C=O) groups is 4. The molecule has 0 bridgehead atoms. The van der Waals surface area contributed by atoms with Crippen molar-refractivity contribution >= 4 is 35.5 Å². The van der Waals surface area contributed by atoms with E-state index in [0.29, 0.717) is 12.2 Å². The quantitative estimate of drug-likeness (QED) is 0.438. The van der Waals surface area contributed by atoms with E-state index in [1.807, 2.05) is 6.26 Å². The molecule has 0 saturated heterocycles. The average Bonchev–Trinajstić information content (AvgIpc) is 2.37. The molecule has 0 saturated carbocycles. The van der Waals surface area contributed by atoms with Gasteiger partial charge in [-0.2, -0.15) is 11.8 Å². The molecule has 21 heavy (non-hydrogen) atoms. The minimum absolute atomic E-state index is 0.326. The van der Waals surface area contributed by atoms with Crippen LogP contribution in [0.25, 0.3) is 0 Å². The molecule has 0 unspecified atom stereocenters. The van der Waals surface area contributed by atoms with Gasteiger partial charge in [0, 0.05) is 12.9 Å². The lowest BCUT2D eigenvalue weighted by molar-refractivity contribution is -0.310.